The molecular weight excluding hydrogens is 386 g/mol. The van der Waals surface area contributed by atoms with Gasteiger partial charge in [-0.1, -0.05) is 5.21 Å². The van der Waals surface area contributed by atoms with Crippen LogP contribution in [0.4, 0.5) is 0 Å². The minimum absolute atomic E-state index is 0.0540. The van der Waals surface area contributed by atoms with Gasteiger partial charge in [0.1, 0.15) is 11.5 Å². The van der Waals surface area contributed by atoms with E-state index < -0.39 is 0 Å². The average molecular weight is 415 g/mol. The highest BCUT2D eigenvalue weighted by atomic mass is 16.5. The third-order valence-electron chi connectivity index (χ3n) is 5.50. The molecule has 9 nitrogen and oxygen atoms in total. The fraction of sp³-hybridized carbons (Fsp3) is 0.524. The molecule has 1 fully saturated rings. The molecule has 0 aliphatic carbocycles. The number of rotatable bonds is 7. The van der Waals surface area contributed by atoms with Crippen LogP contribution in [-0.4, -0.2) is 77.0 Å². The van der Waals surface area contributed by atoms with Gasteiger partial charge in [-0.25, -0.2) is 4.68 Å². The van der Waals surface area contributed by atoms with Crippen molar-refractivity contribution < 1.29 is 19.1 Å². The lowest BCUT2D eigenvalue weighted by Gasteiger charge is -2.32. The summed E-state index contributed by atoms with van der Waals surface area (Å²) in [5.74, 6) is 1.01. The molecule has 30 heavy (non-hydrogen) atoms. The van der Waals surface area contributed by atoms with Crippen LogP contribution in [0.15, 0.2) is 24.4 Å². The fourth-order valence-corrected chi connectivity index (χ4v) is 3.67. The number of nitrogens with zero attached hydrogens (tertiary/aromatic N) is 5. The standard InChI is InChI=1S/C21H29N5O4/c1-5-24(6-2)21(28)19-14-26(23-22-19)16-7-9-25(10-8-16)20(27)15-11-17(29-3)13-18(12-15)30-4/h11-14,16H,5-10H2,1-4H3. The number of benzene rings is 1. The van der Waals surface area contributed by atoms with Crippen molar-refractivity contribution in [2.45, 2.75) is 32.7 Å². The van der Waals surface area contributed by atoms with E-state index in [4.69, 9.17) is 9.47 Å². The summed E-state index contributed by atoms with van der Waals surface area (Å²) < 4.78 is 12.3. The van der Waals surface area contributed by atoms with Gasteiger partial charge in [0.05, 0.1) is 26.5 Å². The van der Waals surface area contributed by atoms with E-state index in [2.05, 4.69) is 10.3 Å². The zero-order chi connectivity index (χ0) is 21.7. The Morgan fingerprint density at radius 3 is 2.20 bits per heavy atom. The minimum atomic E-state index is -0.106. The number of carbonyl (C=O) groups is 2. The van der Waals surface area contributed by atoms with Gasteiger partial charge in [0.2, 0.25) is 0 Å². The van der Waals surface area contributed by atoms with Crippen LogP contribution < -0.4 is 9.47 Å². The maximum atomic E-state index is 12.9. The third-order valence-corrected chi connectivity index (χ3v) is 5.50. The van der Waals surface area contributed by atoms with Crippen LogP contribution in [0.25, 0.3) is 0 Å². The Morgan fingerprint density at radius 2 is 1.67 bits per heavy atom. The van der Waals surface area contributed by atoms with Gasteiger partial charge in [0, 0.05) is 37.8 Å². The number of aromatic nitrogens is 3. The molecule has 1 aromatic carbocycles. The molecule has 0 atom stereocenters. The van der Waals surface area contributed by atoms with Gasteiger partial charge >= 0.3 is 0 Å². The molecule has 0 N–H and O–H groups in total. The number of methoxy groups -OCH3 is 2. The summed E-state index contributed by atoms with van der Waals surface area (Å²) in [6, 6.07) is 5.30. The predicted octanol–water partition coefficient (Wildman–Crippen LogP) is 2.25. The Bertz CT molecular complexity index is 863. The molecule has 2 heterocycles. The Morgan fingerprint density at radius 1 is 1.07 bits per heavy atom. The van der Waals surface area contributed by atoms with Crippen LogP contribution in [0.3, 0.4) is 0 Å². The van der Waals surface area contributed by atoms with Crippen molar-refractivity contribution >= 4 is 11.8 Å². The van der Waals surface area contributed by atoms with Crippen molar-refractivity contribution in [2.75, 3.05) is 40.4 Å². The molecular formula is C21H29N5O4. The first kappa shape index (κ1) is 21.6. The number of piperidine rings is 1. The van der Waals surface area contributed by atoms with E-state index in [9.17, 15) is 9.59 Å². The zero-order valence-electron chi connectivity index (χ0n) is 18.0. The highest BCUT2D eigenvalue weighted by Gasteiger charge is 2.27. The summed E-state index contributed by atoms with van der Waals surface area (Å²) in [7, 11) is 3.12. The van der Waals surface area contributed by atoms with Gasteiger partial charge in [0.15, 0.2) is 5.69 Å². The van der Waals surface area contributed by atoms with Gasteiger partial charge in [-0.3, -0.25) is 9.59 Å². The van der Waals surface area contributed by atoms with Crippen molar-refractivity contribution in [1.82, 2.24) is 24.8 Å². The highest BCUT2D eigenvalue weighted by Crippen LogP contribution is 2.26. The first-order valence-electron chi connectivity index (χ1n) is 10.2. The maximum absolute atomic E-state index is 12.9. The molecule has 2 amide bonds. The Balaban J connectivity index is 1.64. The molecule has 0 saturated carbocycles. The summed E-state index contributed by atoms with van der Waals surface area (Å²) in [4.78, 5) is 28.9. The molecule has 1 aliphatic heterocycles. The Kier molecular flexibility index (Phi) is 6.91. The maximum Gasteiger partial charge on any atom is 0.276 e. The van der Waals surface area contributed by atoms with Crippen LogP contribution in [0, 0.1) is 0 Å². The van der Waals surface area contributed by atoms with E-state index in [0.29, 0.717) is 48.9 Å². The number of hydrogen-bond donors (Lipinski definition) is 0. The molecule has 9 heteroatoms. The van der Waals surface area contributed by atoms with E-state index >= 15 is 0 Å². The molecule has 0 spiro atoms. The Labute approximate surface area is 176 Å². The van der Waals surface area contributed by atoms with E-state index in [1.54, 1.807) is 48.2 Å². The first-order valence-corrected chi connectivity index (χ1v) is 10.2. The molecule has 0 unspecified atom stereocenters. The quantitative estimate of drug-likeness (QED) is 0.689. The fourth-order valence-electron chi connectivity index (χ4n) is 3.67. The van der Waals surface area contributed by atoms with Gasteiger partial charge in [-0.05, 0) is 38.8 Å². The van der Waals surface area contributed by atoms with Gasteiger partial charge in [-0.2, -0.15) is 0 Å². The van der Waals surface area contributed by atoms with Gasteiger partial charge in [-0.15, -0.1) is 5.10 Å². The van der Waals surface area contributed by atoms with E-state index in [1.807, 2.05) is 18.7 Å². The molecule has 1 aromatic heterocycles. The largest absolute Gasteiger partial charge is 0.497 e. The lowest BCUT2D eigenvalue weighted by molar-refractivity contribution is 0.0688. The minimum Gasteiger partial charge on any atom is -0.497 e. The second kappa shape index (κ2) is 9.60. The second-order valence-corrected chi connectivity index (χ2v) is 7.19. The summed E-state index contributed by atoms with van der Waals surface area (Å²) >= 11 is 0. The van der Waals surface area contributed by atoms with E-state index in [1.165, 1.54) is 0 Å². The summed E-state index contributed by atoms with van der Waals surface area (Å²) in [5.41, 5.74) is 0.901. The topological polar surface area (TPSA) is 89.8 Å². The van der Waals surface area contributed by atoms with Crippen LogP contribution >= 0.6 is 0 Å². The molecule has 3 rings (SSSR count). The van der Waals surface area contributed by atoms with Crippen LogP contribution in [-0.2, 0) is 0 Å². The number of hydrogen-bond acceptors (Lipinski definition) is 6. The summed E-state index contributed by atoms with van der Waals surface area (Å²) in [5, 5.41) is 8.23. The van der Waals surface area contributed by atoms with Crippen molar-refractivity contribution in [2.24, 2.45) is 0 Å². The first-order chi connectivity index (χ1) is 14.5. The predicted molar refractivity (Wildman–Crippen MR) is 111 cm³/mol. The highest BCUT2D eigenvalue weighted by molar-refractivity contribution is 5.95. The van der Waals surface area contributed by atoms with Crippen LogP contribution in [0.2, 0.25) is 0 Å². The van der Waals surface area contributed by atoms with Crippen LogP contribution in [0.5, 0.6) is 11.5 Å². The molecule has 1 saturated heterocycles. The van der Waals surface area contributed by atoms with Crippen molar-refractivity contribution in [3.8, 4) is 11.5 Å². The molecule has 1 aliphatic rings. The average Bonchev–Trinajstić information content (AvgIpc) is 3.29. The van der Waals surface area contributed by atoms with Gasteiger partial charge < -0.3 is 19.3 Å². The zero-order valence-corrected chi connectivity index (χ0v) is 18.0. The molecule has 2 aromatic rings. The van der Waals surface area contributed by atoms with Crippen LogP contribution in [0.1, 0.15) is 53.6 Å². The lowest BCUT2D eigenvalue weighted by Crippen LogP contribution is -2.39. The summed E-state index contributed by atoms with van der Waals surface area (Å²) in [6.45, 7) is 6.35. The number of carbonyl (C=O) groups excluding carboxylic acids is 2. The van der Waals surface area contributed by atoms with Gasteiger partial charge in [0.25, 0.3) is 11.8 Å². The molecule has 0 radical (unpaired) electrons. The Hall–Kier alpha value is -3.10. The molecule has 0 bridgehead atoms. The smallest absolute Gasteiger partial charge is 0.276 e. The van der Waals surface area contributed by atoms with Crippen molar-refractivity contribution in [3.05, 3.63) is 35.7 Å². The number of likely N-dealkylation sites (tertiary alicyclic amines) is 1. The SMILES string of the molecule is CCN(CC)C(=O)c1cn(C2CCN(C(=O)c3cc(OC)cc(OC)c3)CC2)nn1. The van der Waals surface area contributed by atoms with E-state index in [0.717, 1.165) is 12.8 Å². The molecule has 162 valence electrons. The third kappa shape index (κ3) is 4.55. The second-order valence-electron chi connectivity index (χ2n) is 7.19. The normalized spacial score (nSPS) is 14.5. The monoisotopic (exact) mass is 415 g/mol. The van der Waals surface area contributed by atoms with Crippen molar-refractivity contribution in [1.29, 1.82) is 0 Å². The van der Waals surface area contributed by atoms with Crippen molar-refractivity contribution in [3.63, 3.8) is 0 Å². The number of ether oxygens (including phenoxy) is 2. The number of amides is 2. The lowest BCUT2D eigenvalue weighted by atomic mass is 10.0. The van der Waals surface area contributed by atoms with E-state index in [-0.39, 0.29) is 17.9 Å². The summed E-state index contributed by atoms with van der Waals surface area (Å²) in [6.07, 6.45) is 3.21.